The molecule has 0 saturated heterocycles. The lowest BCUT2D eigenvalue weighted by atomic mass is 9.86. The molecule has 1 aliphatic carbocycles. The monoisotopic (exact) mass is 241 g/mol. The summed E-state index contributed by atoms with van der Waals surface area (Å²) in [6.07, 6.45) is 7.98. The van der Waals surface area contributed by atoms with Gasteiger partial charge in [-0.1, -0.05) is 19.8 Å². The summed E-state index contributed by atoms with van der Waals surface area (Å²) in [6, 6.07) is 0.752. The molecule has 100 valence electrons. The zero-order chi connectivity index (χ0) is 12.7. The van der Waals surface area contributed by atoms with Gasteiger partial charge < -0.3 is 4.90 Å². The van der Waals surface area contributed by atoms with Crippen molar-refractivity contribution in [2.75, 3.05) is 13.6 Å². The van der Waals surface area contributed by atoms with Crippen molar-refractivity contribution in [2.45, 2.75) is 57.9 Å². The maximum absolute atomic E-state index is 11.0. The molecule has 17 heavy (non-hydrogen) atoms. The fraction of sp³-hybridized carbons (Fsp3) is 0.923. The molecule has 1 fully saturated rings. The molecular weight excluding hydrogens is 214 g/mol. The Morgan fingerprint density at radius 2 is 2.18 bits per heavy atom. The molecule has 0 aromatic heterocycles. The second-order valence-corrected chi connectivity index (χ2v) is 5.43. The highest BCUT2D eigenvalue weighted by molar-refractivity contribution is 5.75. The first-order chi connectivity index (χ1) is 8.13. The van der Waals surface area contributed by atoms with E-state index in [1.54, 1.807) is 0 Å². The summed E-state index contributed by atoms with van der Waals surface area (Å²) in [4.78, 5) is 13.4. The van der Waals surface area contributed by atoms with Gasteiger partial charge in [-0.3, -0.25) is 10.2 Å². The van der Waals surface area contributed by atoms with Gasteiger partial charge in [0, 0.05) is 12.5 Å². The lowest BCUT2D eigenvalue weighted by Gasteiger charge is -2.34. The fourth-order valence-electron chi connectivity index (χ4n) is 2.70. The summed E-state index contributed by atoms with van der Waals surface area (Å²) in [5.41, 5.74) is 2.17. The van der Waals surface area contributed by atoms with Gasteiger partial charge in [0.25, 0.3) is 0 Å². The van der Waals surface area contributed by atoms with Crippen LogP contribution in [0.25, 0.3) is 0 Å². The summed E-state index contributed by atoms with van der Waals surface area (Å²) in [5, 5.41) is 0. The van der Waals surface area contributed by atoms with Crippen LogP contribution in [0.3, 0.4) is 0 Å². The first-order valence-corrected chi connectivity index (χ1v) is 6.83. The molecular formula is C13H27N3O. The molecule has 4 heteroatoms. The Balaban J connectivity index is 2.11. The number of nitrogens with one attached hydrogen (secondary N) is 1. The molecule has 2 unspecified atom stereocenters. The summed E-state index contributed by atoms with van der Waals surface area (Å²) >= 11 is 0. The van der Waals surface area contributed by atoms with Crippen LogP contribution in [0.4, 0.5) is 0 Å². The second kappa shape index (κ2) is 7.67. The molecule has 0 aromatic carbocycles. The van der Waals surface area contributed by atoms with E-state index in [9.17, 15) is 4.79 Å². The van der Waals surface area contributed by atoms with E-state index >= 15 is 0 Å². The third-order valence-electron chi connectivity index (χ3n) is 3.86. The van der Waals surface area contributed by atoms with Gasteiger partial charge in [0.1, 0.15) is 0 Å². The van der Waals surface area contributed by atoms with E-state index in [1.165, 1.54) is 25.7 Å². The van der Waals surface area contributed by atoms with E-state index in [4.69, 9.17) is 5.84 Å². The highest BCUT2D eigenvalue weighted by Crippen LogP contribution is 2.26. The number of hydrogen-bond acceptors (Lipinski definition) is 3. The maximum atomic E-state index is 11.0. The highest BCUT2D eigenvalue weighted by atomic mass is 16.2. The number of hydrogen-bond donors (Lipinski definition) is 2. The van der Waals surface area contributed by atoms with Crippen molar-refractivity contribution < 1.29 is 4.79 Å². The van der Waals surface area contributed by atoms with Crippen LogP contribution in [-0.4, -0.2) is 30.4 Å². The largest absolute Gasteiger partial charge is 0.303 e. The Hall–Kier alpha value is -0.610. The summed E-state index contributed by atoms with van der Waals surface area (Å²) < 4.78 is 0. The highest BCUT2D eigenvalue weighted by Gasteiger charge is 2.21. The fourth-order valence-corrected chi connectivity index (χ4v) is 2.70. The molecule has 2 atom stereocenters. The molecule has 4 nitrogen and oxygen atoms in total. The molecule has 0 heterocycles. The van der Waals surface area contributed by atoms with Crippen LogP contribution >= 0.6 is 0 Å². The zero-order valence-corrected chi connectivity index (χ0v) is 11.2. The van der Waals surface area contributed by atoms with E-state index in [-0.39, 0.29) is 5.91 Å². The second-order valence-electron chi connectivity index (χ2n) is 5.43. The number of carbonyl (C=O) groups excluding carboxylic acids is 1. The molecule has 1 saturated carbocycles. The first kappa shape index (κ1) is 14.5. The van der Waals surface area contributed by atoms with Gasteiger partial charge in [-0.05, 0) is 45.2 Å². The maximum Gasteiger partial charge on any atom is 0.233 e. The minimum Gasteiger partial charge on any atom is -0.303 e. The molecule has 1 aliphatic rings. The molecule has 1 rings (SSSR count). The first-order valence-electron chi connectivity index (χ1n) is 6.83. The van der Waals surface area contributed by atoms with Gasteiger partial charge in [0.2, 0.25) is 5.91 Å². The van der Waals surface area contributed by atoms with Crippen LogP contribution in [-0.2, 0) is 4.79 Å². The van der Waals surface area contributed by atoms with Crippen molar-refractivity contribution in [3.63, 3.8) is 0 Å². The molecule has 0 bridgehead atoms. The van der Waals surface area contributed by atoms with Crippen molar-refractivity contribution in [1.29, 1.82) is 0 Å². The predicted molar refractivity (Wildman–Crippen MR) is 70.2 cm³/mol. The minimum absolute atomic E-state index is 0.0565. The third-order valence-corrected chi connectivity index (χ3v) is 3.86. The molecule has 0 aromatic rings. The van der Waals surface area contributed by atoms with E-state index in [1.807, 2.05) is 0 Å². The SMILES string of the molecule is CC1CCCC(N(C)CCCCC(=O)NN)C1. The summed E-state index contributed by atoms with van der Waals surface area (Å²) in [5.74, 6) is 5.85. The number of unbranched alkanes of at least 4 members (excludes halogenated alkanes) is 1. The van der Waals surface area contributed by atoms with Gasteiger partial charge in [0.05, 0.1) is 0 Å². The van der Waals surface area contributed by atoms with Crippen LogP contribution in [0, 0.1) is 5.92 Å². The van der Waals surface area contributed by atoms with E-state index in [0.29, 0.717) is 6.42 Å². The topological polar surface area (TPSA) is 58.4 Å². The van der Waals surface area contributed by atoms with Crippen LogP contribution in [0.15, 0.2) is 0 Å². The summed E-state index contributed by atoms with van der Waals surface area (Å²) in [7, 11) is 2.21. The Labute approximate surface area is 105 Å². The van der Waals surface area contributed by atoms with Crippen molar-refractivity contribution in [3.05, 3.63) is 0 Å². The third kappa shape index (κ3) is 5.50. The molecule has 0 spiro atoms. The number of amides is 1. The van der Waals surface area contributed by atoms with Crippen LogP contribution < -0.4 is 11.3 Å². The Kier molecular flexibility index (Phi) is 6.52. The van der Waals surface area contributed by atoms with Gasteiger partial charge in [0.15, 0.2) is 0 Å². The Morgan fingerprint density at radius 1 is 1.41 bits per heavy atom. The number of carbonyl (C=O) groups is 1. The van der Waals surface area contributed by atoms with Crippen molar-refractivity contribution in [2.24, 2.45) is 11.8 Å². The number of nitrogens with two attached hydrogens (primary N) is 1. The van der Waals surface area contributed by atoms with E-state index in [0.717, 1.165) is 31.3 Å². The number of nitrogens with zero attached hydrogens (tertiary/aromatic N) is 1. The number of rotatable bonds is 6. The summed E-state index contributed by atoms with van der Waals surface area (Å²) in [6.45, 7) is 3.45. The van der Waals surface area contributed by atoms with Gasteiger partial charge in [-0.2, -0.15) is 0 Å². The zero-order valence-electron chi connectivity index (χ0n) is 11.2. The molecule has 1 amide bonds. The average Bonchev–Trinajstić information content (AvgIpc) is 2.34. The van der Waals surface area contributed by atoms with Crippen LogP contribution in [0.2, 0.25) is 0 Å². The van der Waals surface area contributed by atoms with Crippen molar-refractivity contribution in [3.8, 4) is 0 Å². The Bertz CT molecular complexity index is 233. The van der Waals surface area contributed by atoms with Crippen LogP contribution in [0.1, 0.15) is 51.9 Å². The molecule has 0 aliphatic heterocycles. The predicted octanol–water partition coefficient (Wildman–Crippen LogP) is 1.66. The Morgan fingerprint density at radius 3 is 2.82 bits per heavy atom. The van der Waals surface area contributed by atoms with Gasteiger partial charge in [-0.15, -0.1) is 0 Å². The van der Waals surface area contributed by atoms with E-state index < -0.39 is 0 Å². The lowest BCUT2D eigenvalue weighted by molar-refractivity contribution is -0.121. The van der Waals surface area contributed by atoms with Gasteiger partial charge in [-0.25, -0.2) is 5.84 Å². The van der Waals surface area contributed by atoms with Crippen molar-refractivity contribution in [1.82, 2.24) is 10.3 Å². The quantitative estimate of drug-likeness (QED) is 0.322. The smallest absolute Gasteiger partial charge is 0.233 e. The lowest BCUT2D eigenvalue weighted by Crippen LogP contribution is -2.36. The minimum atomic E-state index is -0.0565. The normalized spacial score (nSPS) is 24.9. The van der Waals surface area contributed by atoms with Crippen molar-refractivity contribution >= 4 is 5.91 Å². The average molecular weight is 241 g/mol. The molecule has 0 radical (unpaired) electrons. The number of hydrazine groups is 1. The van der Waals surface area contributed by atoms with E-state index in [2.05, 4.69) is 24.3 Å². The van der Waals surface area contributed by atoms with Crippen LogP contribution in [0.5, 0.6) is 0 Å². The standard InChI is InChI=1S/C13H27N3O/c1-11-6-5-7-12(10-11)16(2)9-4-3-8-13(17)15-14/h11-12H,3-10,14H2,1-2H3,(H,15,17). The van der Waals surface area contributed by atoms with Gasteiger partial charge >= 0.3 is 0 Å². The molecule has 3 N–H and O–H groups in total.